The summed E-state index contributed by atoms with van der Waals surface area (Å²) in [6.45, 7) is 6.84. The van der Waals surface area contributed by atoms with Crippen molar-refractivity contribution in [3.63, 3.8) is 0 Å². The Bertz CT molecular complexity index is 595. The highest BCUT2D eigenvalue weighted by molar-refractivity contribution is 5.94. The second kappa shape index (κ2) is 5.38. The standard InChI is InChI=1S/C14H20N4O/c1-5-7-18-8-6-15-14(18)13(19)9-12-10(2)16-17(4)11(12)3/h6,8H,5,7,9H2,1-4H3. The molecule has 0 spiro atoms. The van der Waals surface area contributed by atoms with Crippen molar-refractivity contribution in [3.8, 4) is 0 Å². The molecule has 0 aliphatic rings. The second-order valence-corrected chi connectivity index (χ2v) is 4.82. The van der Waals surface area contributed by atoms with Crippen LogP contribution in [-0.4, -0.2) is 25.1 Å². The van der Waals surface area contributed by atoms with Crippen molar-refractivity contribution in [3.05, 3.63) is 35.2 Å². The fourth-order valence-electron chi connectivity index (χ4n) is 2.30. The van der Waals surface area contributed by atoms with Crippen LogP contribution < -0.4 is 0 Å². The van der Waals surface area contributed by atoms with Crippen molar-refractivity contribution < 1.29 is 4.79 Å². The highest BCUT2D eigenvalue weighted by atomic mass is 16.1. The van der Waals surface area contributed by atoms with Gasteiger partial charge in [0, 0.05) is 43.7 Å². The summed E-state index contributed by atoms with van der Waals surface area (Å²) in [5.74, 6) is 0.599. The Morgan fingerprint density at radius 3 is 2.68 bits per heavy atom. The van der Waals surface area contributed by atoms with E-state index in [2.05, 4.69) is 17.0 Å². The molecule has 0 amide bonds. The lowest BCUT2D eigenvalue weighted by atomic mass is 10.1. The molecular weight excluding hydrogens is 240 g/mol. The molecule has 5 heteroatoms. The van der Waals surface area contributed by atoms with Gasteiger partial charge in [0.15, 0.2) is 5.82 Å². The van der Waals surface area contributed by atoms with Crippen molar-refractivity contribution in [2.45, 2.75) is 40.2 Å². The summed E-state index contributed by atoms with van der Waals surface area (Å²) < 4.78 is 3.74. The minimum absolute atomic E-state index is 0.0534. The van der Waals surface area contributed by atoms with Crippen LogP contribution in [0.4, 0.5) is 0 Å². The zero-order valence-electron chi connectivity index (χ0n) is 12.0. The third-order valence-corrected chi connectivity index (χ3v) is 3.43. The summed E-state index contributed by atoms with van der Waals surface area (Å²) in [6.07, 6.45) is 4.90. The van der Waals surface area contributed by atoms with E-state index in [4.69, 9.17) is 0 Å². The number of imidazole rings is 1. The minimum Gasteiger partial charge on any atom is -0.329 e. The van der Waals surface area contributed by atoms with Crippen LogP contribution in [0, 0.1) is 13.8 Å². The molecule has 0 saturated carbocycles. The molecule has 2 heterocycles. The number of hydrogen-bond acceptors (Lipinski definition) is 3. The van der Waals surface area contributed by atoms with Crippen LogP contribution in [0.1, 0.15) is 40.9 Å². The zero-order valence-corrected chi connectivity index (χ0v) is 12.0. The van der Waals surface area contributed by atoms with Crippen LogP contribution in [0.5, 0.6) is 0 Å². The first-order chi connectivity index (χ1) is 9.04. The molecule has 2 aromatic rings. The Morgan fingerprint density at radius 2 is 2.11 bits per heavy atom. The monoisotopic (exact) mass is 260 g/mol. The van der Waals surface area contributed by atoms with E-state index in [1.807, 2.05) is 36.3 Å². The zero-order chi connectivity index (χ0) is 14.0. The quantitative estimate of drug-likeness (QED) is 0.773. The molecule has 0 aromatic carbocycles. The van der Waals surface area contributed by atoms with Gasteiger partial charge in [-0.15, -0.1) is 0 Å². The molecule has 0 fully saturated rings. The normalized spacial score (nSPS) is 10.9. The third kappa shape index (κ3) is 2.59. The van der Waals surface area contributed by atoms with E-state index in [0.717, 1.165) is 29.9 Å². The number of Topliss-reactive ketones (excluding diaryl/α,β-unsaturated/α-hetero) is 1. The lowest BCUT2D eigenvalue weighted by molar-refractivity contribution is 0.0978. The van der Waals surface area contributed by atoms with Gasteiger partial charge in [-0.1, -0.05) is 6.92 Å². The van der Waals surface area contributed by atoms with Crippen molar-refractivity contribution >= 4 is 5.78 Å². The Labute approximate surface area is 113 Å². The number of aryl methyl sites for hydroxylation is 3. The van der Waals surface area contributed by atoms with E-state index in [9.17, 15) is 4.79 Å². The van der Waals surface area contributed by atoms with Crippen molar-refractivity contribution in [1.82, 2.24) is 19.3 Å². The Kier molecular flexibility index (Phi) is 3.83. The van der Waals surface area contributed by atoms with E-state index in [1.165, 1.54) is 0 Å². The lowest BCUT2D eigenvalue weighted by Gasteiger charge is -2.05. The van der Waals surface area contributed by atoms with Crippen molar-refractivity contribution in [2.75, 3.05) is 0 Å². The largest absolute Gasteiger partial charge is 0.329 e. The van der Waals surface area contributed by atoms with Crippen LogP contribution in [0.15, 0.2) is 12.4 Å². The molecule has 2 aromatic heterocycles. The van der Waals surface area contributed by atoms with Crippen molar-refractivity contribution in [1.29, 1.82) is 0 Å². The lowest BCUT2D eigenvalue weighted by Crippen LogP contribution is -2.13. The van der Waals surface area contributed by atoms with E-state index < -0.39 is 0 Å². The van der Waals surface area contributed by atoms with Gasteiger partial charge in [0.2, 0.25) is 5.78 Å². The van der Waals surface area contributed by atoms with Gasteiger partial charge in [0.1, 0.15) is 0 Å². The summed E-state index contributed by atoms with van der Waals surface area (Å²) >= 11 is 0. The number of carbonyl (C=O) groups is 1. The molecule has 19 heavy (non-hydrogen) atoms. The summed E-state index contributed by atoms with van der Waals surface area (Å²) in [4.78, 5) is 16.5. The number of ketones is 1. The molecule has 0 N–H and O–H groups in total. The van der Waals surface area contributed by atoms with Crippen LogP contribution in [0.3, 0.4) is 0 Å². The van der Waals surface area contributed by atoms with Gasteiger partial charge in [0.25, 0.3) is 0 Å². The highest BCUT2D eigenvalue weighted by Gasteiger charge is 2.18. The first-order valence-electron chi connectivity index (χ1n) is 6.58. The SMILES string of the molecule is CCCn1ccnc1C(=O)Cc1c(C)nn(C)c1C. The Balaban J connectivity index is 2.23. The molecule has 0 bridgehead atoms. The molecule has 0 saturated heterocycles. The van der Waals surface area contributed by atoms with Gasteiger partial charge in [0.05, 0.1) is 5.69 Å². The van der Waals surface area contributed by atoms with Crippen LogP contribution in [0.25, 0.3) is 0 Å². The van der Waals surface area contributed by atoms with Gasteiger partial charge < -0.3 is 4.57 Å². The molecule has 0 unspecified atom stereocenters. The smallest absolute Gasteiger partial charge is 0.202 e. The fourth-order valence-corrected chi connectivity index (χ4v) is 2.30. The minimum atomic E-state index is 0.0534. The Morgan fingerprint density at radius 1 is 1.37 bits per heavy atom. The van der Waals surface area contributed by atoms with Gasteiger partial charge in [-0.25, -0.2) is 4.98 Å². The number of rotatable bonds is 5. The molecule has 0 aliphatic heterocycles. The van der Waals surface area contributed by atoms with E-state index >= 15 is 0 Å². The summed E-state index contributed by atoms with van der Waals surface area (Å²) in [5.41, 5.74) is 2.97. The molecule has 0 aliphatic carbocycles. The first kappa shape index (κ1) is 13.5. The summed E-state index contributed by atoms with van der Waals surface area (Å²) in [5, 5.41) is 4.34. The van der Waals surface area contributed by atoms with Gasteiger partial charge in [-0.05, 0) is 20.3 Å². The molecule has 0 radical (unpaired) electrons. The number of hydrogen-bond donors (Lipinski definition) is 0. The number of nitrogens with zero attached hydrogens (tertiary/aromatic N) is 4. The molecule has 0 atom stereocenters. The predicted octanol–water partition coefficient (Wildman–Crippen LogP) is 2.07. The maximum Gasteiger partial charge on any atom is 0.202 e. The highest BCUT2D eigenvalue weighted by Crippen LogP contribution is 2.15. The topological polar surface area (TPSA) is 52.7 Å². The Hall–Kier alpha value is -1.91. The maximum atomic E-state index is 12.4. The van der Waals surface area contributed by atoms with Crippen LogP contribution in [0.2, 0.25) is 0 Å². The predicted molar refractivity (Wildman–Crippen MR) is 73.2 cm³/mol. The van der Waals surface area contributed by atoms with Crippen molar-refractivity contribution in [2.24, 2.45) is 7.05 Å². The average Bonchev–Trinajstić information content (AvgIpc) is 2.91. The van der Waals surface area contributed by atoms with Gasteiger partial charge in [-0.3, -0.25) is 9.48 Å². The third-order valence-electron chi connectivity index (χ3n) is 3.43. The first-order valence-corrected chi connectivity index (χ1v) is 6.58. The molecular formula is C14H20N4O. The van der Waals surface area contributed by atoms with Gasteiger partial charge >= 0.3 is 0 Å². The van der Waals surface area contributed by atoms with E-state index in [0.29, 0.717) is 12.2 Å². The van der Waals surface area contributed by atoms with Crippen LogP contribution >= 0.6 is 0 Å². The van der Waals surface area contributed by atoms with E-state index in [-0.39, 0.29) is 5.78 Å². The van der Waals surface area contributed by atoms with E-state index in [1.54, 1.807) is 6.20 Å². The average molecular weight is 260 g/mol. The fraction of sp³-hybridized carbons (Fsp3) is 0.500. The summed E-state index contributed by atoms with van der Waals surface area (Å²) in [7, 11) is 1.90. The molecule has 2 rings (SSSR count). The second-order valence-electron chi connectivity index (χ2n) is 4.82. The van der Waals surface area contributed by atoms with Gasteiger partial charge in [-0.2, -0.15) is 5.10 Å². The molecule has 5 nitrogen and oxygen atoms in total. The number of aromatic nitrogens is 4. The summed E-state index contributed by atoms with van der Waals surface area (Å²) in [6, 6.07) is 0. The maximum absolute atomic E-state index is 12.4. The number of carbonyl (C=O) groups excluding carboxylic acids is 1. The molecule has 102 valence electrons. The van der Waals surface area contributed by atoms with Crippen LogP contribution in [-0.2, 0) is 20.0 Å².